The van der Waals surface area contributed by atoms with Gasteiger partial charge in [0.15, 0.2) is 5.69 Å². The fraction of sp³-hybridized carbons (Fsp3) is 0.250. The van der Waals surface area contributed by atoms with E-state index in [-0.39, 0.29) is 35.0 Å². The molecule has 4 heterocycles. The summed E-state index contributed by atoms with van der Waals surface area (Å²) in [5, 5.41) is 2.84. The molecular weight excluding hydrogens is 493 g/mol. The topological polar surface area (TPSA) is 64.0 Å². The summed E-state index contributed by atoms with van der Waals surface area (Å²) in [6.45, 7) is 1.20. The second-order valence-electron chi connectivity index (χ2n) is 8.29. The highest BCUT2D eigenvalue weighted by Crippen LogP contribution is 2.45. The molecule has 0 radical (unpaired) electrons. The highest BCUT2D eigenvalue weighted by atomic mass is 35.5. The number of benzene rings is 2. The van der Waals surface area contributed by atoms with E-state index in [1.807, 2.05) is 24.3 Å². The lowest BCUT2D eigenvalue weighted by atomic mass is 9.93. The Hall–Kier alpha value is -2.51. The Balaban J connectivity index is 1.67. The van der Waals surface area contributed by atoms with E-state index in [2.05, 4.69) is 32.7 Å². The smallest absolute Gasteiger partial charge is 0.278 e. The van der Waals surface area contributed by atoms with Crippen molar-refractivity contribution in [1.29, 1.82) is 0 Å². The van der Waals surface area contributed by atoms with Gasteiger partial charge < -0.3 is 14.2 Å². The lowest BCUT2D eigenvalue weighted by Crippen LogP contribution is -2.66. The first-order valence-corrected chi connectivity index (χ1v) is 12.7. The number of amides is 1. The van der Waals surface area contributed by atoms with Crippen LogP contribution in [0.1, 0.15) is 33.2 Å². The molecular formula is C24H21ClN3O4PS. The van der Waals surface area contributed by atoms with E-state index in [1.165, 1.54) is 6.07 Å². The maximum atomic E-state index is 13.6. The zero-order valence-electron chi connectivity index (χ0n) is 18.0. The van der Waals surface area contributed by atoms with E-state index in [4.69, 9.17) is 20.9 Å². The molecule has 0 spiro atoms. The van der Waals surface area contributed by atoms with Crippen LogP contribution in [0, 0.1) is 0 Å². The summed E-state index contributed by atoms with van der Waals surface area (Å²) >= 11 is 8.44. The van der Waals surface area contributed by atoms with Gasteiger partial charge in [-0.25, -0.2) is 0 Å². The third-order valence-corrected chi connectivity index (χ3v) is 8.28. The fourth-order valence-electron chi connectivity index (χ4n) is 5.06. The lowest BCUT2D eigenvalue weighted by Gasteiger charge is -2.51. The molecule has 3 aromatic rings. The fourth-order valence-corrected chi connectivity index (χ4v) is 6.76. The number of fused-ring (bicyclic) bond motifs is 4. The number of pyridine rings is 1. The molecule has 1 saturated heterocycles. The monoisotopic (exact) mass is 513 g/mol. The molecule has 1 aromatic heterocycles. The van der Waals surface area contributed by atoms with Crippen LogP contribution in [-0.4, -0.2) is 41.4 Å². The highest BCUT2D eigenvalue weighted by molar-refractivity contribution is 7.98. The second kappa shape index (κ2) is 8.61. The van der Waals surface area contributed by atoms with Gasteiger partial charge in [-0.3, -0.25) is 19.3 Å². The van der Waals surface area contributed by atoms with Crippen LogP contribution >= 0.6 is 32.8 Å². The molecule has 1 amide bonds. The second-order valence-corrected chi connectivity index (χ2v) is 9.95. The Morgan fingerprint density at radius 3 is 2.76 bits per heavy atom. The Bertz CT molecular complexity index is 1370. The van der Waals surface area contributed by atoms with Crippen LogP contribution in [0.5, 0.6) is 5.75 Å². The summed E-state index contributed by atoms with van der Waals surface area (Å²) in [5.41, 5.74) is 3.08. The first kappa shape index (κ1) is 22.0. The van der Waals surface area contributed by atoms with Crippen LogP contribution in [0.25, 0.3) is 0 Å². The van der Waals surface area contributed by atoms with Gasteiger partial charge in [-0.15, -0.1) is 11.8 Å². The highest BCUT2D eigenvalue weighted by Gasteiger charge is 2.46. The Morgan fingerprint density at radius 2 is 1.91 bits per heavy atom. The number of rotatable bonds is 2. The van der Waals surface area contributed by atoms with Crippen LogP contribution < -0.4 is 15.0 Å². The van der Waals surface area contributed by atoms with E-state index in [0.717, 1.165) is 27.3 Å². The molecule has 6 rings (SSSR count). The molecule has 174 valence electrons. The number of carbonyl (C=O) groups excluding carboxylic acids is 1. The Labute approximate surface area is 207 Å². The Morgan fingerprint density at radius 1 is 1.09 bits per heavy atom. The van der Waals surface area contributed by atoms with Gasteiger partial charge in [-0.2, -0.15) is 0 Å². The number of hydrogen-bond acceptors (Lipinski definition) is 6. The van der Waals surface area contributed by atoms with Crippen molar-refractivity contribution in [3.05, 3.63) is 92.4 Å². The average Bonchev–Trinajstić information content (AvgIpc) is 3.02. The number of hydrogen-bond donors (Lipinski definition) is 0. The van der Waals surface area contributed by atoms with Gasteiger partial charge in [0.1, 0.15) is 6.17 Å². The summed E-state index contributed by atoms with van der Waals surface area (Å²) in [6, 6.07) is 15.4. The quantitative estimate of drug-likeness (QED) is 0.486. The molecule has 3 aliphatic heterocycles. The van der Waals surface area contributed by atoms with Gasteiger partial charge >= 0.3 is 0 Å². The van der Waals surface area contributed by atoms with Crippen molar-refractivity contribution < 1.29 is 14.1 Å². The SMILES string of the molecule is O=C1c2c(OP)c(=O)ccn2N([C@@H]2c3ccccc3SCc3c(Cl)cccc32)[C@@H]2COCCN12. The molecule has 0 N–H and O–H groups in total. The number of aromatic nitrogens is 1. The summed E-state index contributed by atoms with van der Waals surface area (Å²) in [7, 11) is 2.10. The van der Waals surface area contributed by atoms with Crippen molar-refractivity contribution in [2.75, 3.05) is 24.8 Å². The summed E-state index contributed by atoms with van der Waals surface area (Å²) in [4.78, 5) is 29.1. The minimum Gasteiger partial charge on any atom is -0.474 e. The van der Waals surface area contributed by atoms with Crippen molar-refractivity contribution in [3.8, 4) is 5.75 Å². The zero-order chi connectivity index (χ0) is 23.4. The number of halogens is 1. The number of thioether (sulfide) groups is 1. The van der Waals surface area contributed by atoms with Gasteiger partial charge in [0, 0.05) is 34.5 Å². The number of morpholine rings is 1. The van der Waals surface area contributed by atoms with Crippen LogP contribution in [0.4, 0.5) is 0 Å². The molecule has 2 aromatic carbocycles. The van der Waals surface area contributed by atoms with Crippen LogP contribution in [0.15, 0.2) is 64.4 Å². The Kier molecular flexibility index (Phi) is 5.57. The largest absolute Gasteiger partial charge is 0.474 e. The van der Waals surface area contributed by atoms with E-state index in [1.54, 1.807) is 27.5 Å². The third-order valence-electron chi connectivity index (χ3n) is 6.57. The molecule has 1 fully saturated rings. The van der Waals surface area contributed by atoms with Crippen molar-refractivity contribution >= 4 is 38.7 Å². The van der Waals surface area contributed by atoms with E-state index in [0.29, 0.717) is 24.8 Å². The number of carbonyl (C=O) groups is 1. The molecule has 34 heavy (non-hydrogen) atoms. The molecule has 1 unspecified atom stereocenters. The van der Waals surface area contributed by atoms with Gasteiger partial charge in [0.2, 0.25) is 11.2 Å². The minimum absolute atomic E-state index is 0.00930. The maximum absolute atomic E-state index is 13.6. The molecule has 10 heteroatoms. The normalized spacial score (nSPS) is 21.2. The molecule has 0 bridgehead atoms. The maximum Gasteiger partial charge on any atom is 0.278 e. The average molecular weight is 514 g/mol. The van der Waals surface area contributed by atoms with E-state index >= 15 is 0 Å². The molecule has 0 saturated carbocycles. The van der Waals surface area contributed by atoms with Gasteiger partial charge in [-0.05, 0) is 28.8 Å². The van der Waals surface area contributed by atoms with Crippen LogP contribution in [0.3, 0.4) is 0 Å². The summed E-state index contributed by atoms with van der Waals surface area (Å²) in [6.07, 6.45) is 1.28. The first-order valence-electron chi connectivity index (χ1n) is 10.9. The third kappa shape index (κ3) is 3.28. The van der Waals surface area contributed by atoms with Crippen molar-refractivity contribution in [2.24, 2.45) is 0 Å². The van der Waals surface area contributed by atoms with Gasteiger partial charge in [0.05, 0.1) is 28.7 Å². The summed E-state index contributed by atoms with van der Waals surface area (Å²) in [5.74, 6) is 0.495. The zero-order valence-corrected chi connectivity index (χ0v) is 20.7. The standard InChI is InChI=1S/C24H21ClN3O4PS/c25-17-6-3-5-14-16(17)13-34-19-7-2-1-4-15(19)21(14)28-20-12-31-11-10-26(20)24(30)22-23(32-33)18(29)8-9-27(22)28/h1-9,20-21H,10-13,33H2/t20-,21+/m1/s1. The van der Waals surface area contributed by atoms with Crippen LogP contribution in [-0.2, 0) is 10.5 Å². The predicted molar refractivity (Wildman–Crippen MR) is 134 cm³/mol. The van der Waals surface area contributed by atoms with Crippen molar-refractivity contribution in [3.63, 3.8) is 0 Å². The molecule has 3 atom stereocenters. The van der Waals surface area contributed by atoms with Gasteiger partial charge in [-0.1, -0.05) is 41.9 Å². The first-order chi connectivity index (χ1) is 16.6. The van der Waals surface area contributed by atoms with Crippen LogP contribution in [0.2, 0.25) is 5.02 Å². The molecule has 7 nitrogen and oxygen atoms in total. The van der Waals surface area contributed by atoms with Gasteiger partial charge in [0.25, 0.3) is 5.91 Å². The minimum atomic E-state index is -0.374. The lowest BCUT2D eigenvalue weighted by molar-refractivity contribution is -0.0196. The van der Waals surface area contributed by atoms with Crippen molar-refractivity contribution in [1.82, 2.24) is 9.58 Å². The predicted octanol–water partition coefficient (Wildman–Crippen LogP) is 3.82. The molecule has 3 aliphatic rings. The van der Waals surface area contributed by atoms with E-state index in [9.17, 15) is 9.59 Å². The van der Waals surface area contributed by atoms with E-state index < -0.39 is 0 Å². The molecule has 0 aliphatic carbocycles. The number of ether oxygens (including phenoxy) is 1. The van der Waals surface area contributed by atoms with Crippen molar-refractivity contribution in [2.45, 2.75) is 22.9 Å². The summed E-state index contributed by atoms with van der Waals surface area (Å²) < 4.78 is 13.0. The number of nitrogens with zero attached hydrogens (tertiary/aromatic N) is 3.